The topological polar surface area (TPSA) is 36.3 Å². The van der Waals surface area contributed by atoms with Crippen LogP contribution in [0.15, 0.2) is 30.5 Å². The zero-order chi connectivity index (χ0) is 17.8. The normalized spacial score (nSPS) is 15.4. The van der Waals surface area contributed by atoms with Crippen LogP contribution in [0, 0.1) is 6.92 Å². The molecule has 0 bridgehead atoms. The second-order valence-corrected chi connectivity index (χ2v) is 6.97. The molecule has 0 amide bonds. The van der Waals surface area contributed by atoms with Gasteiger partial charge in [-0.15, -0.1) is 0 Å². The minimum absolute atomic E-state index is 0.832. The summed E-state index contributed by atoms with van der Waals surface area (Å²) in [6, 6.07) is 8.39. The Balaban J connectivity index is 1.53. The molecule has 1 aliphatic rings. The van der Waals surface area contributed by atoms with Gasteiger partial charge in [0.2, 0.25) is 0 Å². The number of rotatable bonds is 4. The fourth-order valence-electron chi connectivity index (χ4n) is 3.19. The smallest absolute Gasteiger partial charge is 0.173 e. The third-order valence-corrected chi connectivity index (χ3v) is 5.39. The first-order valence-corrected chi connectivity index (χ1v) is 9.33. The molecular weight excluding hydrogens is 330 g/mol. The highest BCUT2D eigenvalue weighted by Gasteiger charge is 2.20. The highest BCUT2D eigenvalue weighted by atomic mass is 32.1. The van der Waals surface area contributed by atoms with Crippen molar-refractivity contribution < 1.29 is 0 Å². The lowest BCUT2D eigenvalue weighted by Crippen LogP contribution is -2.49. The first kappa shape index (κ1) is 17.9. The van der Waals surface area contributed by atoms with Gasteiger partial charge in [0.15, 0.2) is 5.11 Å². The van der Waals surface area contributed by atoms with Crippen molar-refractivity contribution >= 4 is 23.0 Å². The molecule has 1 aliphatic heterocycles. The average Bonchev–Trinajstić information content (AvgIpc) is 2.95. The Kier molecular flexibility index (Phi) is 5.71. The number of para-hydroxylation sites is 1. The van der Waals surface area contributed by atoms with E-state index in [1.807, 2.05) is 17.9 Å². The van der Waals surface area contributed by atoms with Crippen LogP contribution in [0.4, 0.5) is 5.69 Å². The molecule has 3 rings (SSSR count). The average molecular weight is 358 g/mol. The van der Waals surface area contributed by atoms with E-state index in [9.17, 15) is 0 Å². The number of aromatic nitrogens is 2. The summed E-state index contributed by atoms with van der Waals surface area (Å²) in [5.41, 5.74) is 4.99. The largest absolute Gasteiger partial charge is 0.346 e. The predicted molar refractivity (Wildman–Crippen MR) is 107 cm³/mol. The number of aryl methyl sites for hydroxylation is 2. The molecule has 25 heavy (non-hydrogen) atoms. The van der Waals surface area contributed by atoms with Crippen LogP contribution < -0.4 is 5.32 Å². The molecule has 1 saturated heterocycles. The van der Waals surface area contributed by atoms with Gasteiger partial charge in [-0.1, -0.05) is 25.1 Å². The Morgan fingerprint density at radius 3 is 2.52 bits per heavy atom. The van der Waals surface area contributed by atoms with Crippen molar-refractivity contribution in [2.24, 2.45) is 7.05 Å². The molecule has 0 radical (unpaired) electrons. The first-order valence-electron chi connectivity index (χ1n) is 8.92. The fourth-order valence-corrected chi connectivity index (χ4v) is 3.49. The third kappa shape index (κ3) is 4.19. The summed E-state index contributed by atoms with van der Waals surface area (Å²) in [6.07, 6.45) is 2.99. The van der Waals surface area contributed by atoms with E-state index in [4.69, 9.17) is 12.2 Å². The van der Waals surface area contributed by atoms with Crippen LogP contribution in [-0.2, 0) is 20.0 Å². The lowest BCUT2D eigenvalue weighted by atomic mass is 10.1. The molecule has 0 spiro atoms. The summed E-state index contributed by atoms with van der Waals surface area (Å²) < 4.78 is 1.94. The fraction of sp³-hybridized carbons (Fsp3) is 0.474. The van der Waals surface area contributed by atoms with Gasteiger partial charge < -0.3 is 10.2 Å². The van der Waals surface area contributed by atoms with Gasteiger partial charge in [-0.05, 0) is 37.2 Å². The van der Waals surface area contributed by atoms with Gasteiger partial charge in [-0.3, -0.25) is 9.58 Å². The highest BCUT2D eigenvalue weighted by Crippen LogP contribution is 2.17. The molecular formula is C19H27N5S. The molecule has 2 heterocycles. The molecule has 5 nitrogen and oxygen atoms in total. The molecule has 2 aromatic rings. The van der Waals surface area contributed by atoms with Crippen molar-refractivity contribution in [2.75, 3.05) is 31.5 Å². The minimum atomic E-state index is 0.832. The van der Waals surface area contributed by atoms with E-state index in [-0.39, 0.29) is 0 Å². The number of nitrogens with zero attached hydrogens (tertiary/aromatic N) is 4. The van der Waals surface area contributed by atoms with E-state index in [1.165, 1.54) is 16.8 Å². The standard InChI is InChI=1S/C19H27N5S/c1-4-16-7-5-6-8-18(16)21-19(25)24-11-9-23(10-12-24)14-17-13-20-22(3)15(17)2/h5-8,13H,4,9-12,14H2,1-3H3,(H,21,25). The zero-order valence-electron chi connectivity index (χ0n) is 15.3. The summed E-state index contributed by atoms with van der Waals surface area (Å²) in [6.45, 7) is 9.22. The summed E-state index contributed by atoms with van der Waals surface area (Å²) in [4.78, 5) is 4.75. The molecule has 6 heteroatoms. The van der Waals surface area contributed by atoms with E-state index in [1.54, 1.807) is 0 Å². The van der Waals surface area contributed by atoms with E-state index < -0.39 is 0 Å². The summed E-state index contributed by atoms with van der Waals surface area (Å²) in [5, 5.41) is 8.60. The number of hydrogen-bond acceptors (Lipinski definition) is 3. The summed E-state index contributed by atoms with van der Waals surface area (Å²) >= 11 is 5.64. The minimum Gasteiger partial charge on any atom is -0.346 e. The third-order valence-electron chi connectivity index (χ3n) is 5.03. The molecule has 0 atom stereocenters. The second-order valence-electron chi connectivity index (χ2n) is 6.58. The molecule has 0 aliphatic carbocycles. The number of benzene rings is 1. The number of hydrogen-bond donors (Lipinski definition) is 1. The maximum Gasteiger partial charge on any atom is 0.173 e. The van der Waals surface area contributed by atoms with Crippen molar-refractivity contribution in [2.45, 2.75) is 26.8 Å². The maximum atomic E-state index is 5.64. The summed E-state index contributed by atoms with van der Waals surface area (Å²) in [7, 11) is 2.00. The lowest BCUT2D eigenvalue weighted by Gasteiger charge is -2.36. The van der Waals surface area contributed by atoms with Crippen molar-refractivity contribution in [3.8, 4) is 0 Å². The van der Waals surface area contributed by atoms with Gasteiger partial charge in [0.25, 0.3) is 0 Å². The SMILES string of the molecule is CCc1ccccc1NC(=S)N1CCN(Cc2cnn(C)c2C)CC1. The van der Waals surface area contributed by atoms with Gasteiger partial charge in [0, 0.05) is 56.7 Å². The number of nitrogens with one attached hydrogen (secondary N) is 1. The summed E-state index contributed by atoms with van der Waals surface area (Å²) in [5.74, 6) is 0. The maximum absolute atomic E-state index is 5.64. The Morgan fingerprint density at radius 2 is 1.88 bits per heavy atom. The molecule has 1 N–H and O–H groups in total. The van der Waals surface area contributed by atoms with Crippen LogP contribution in [0.1, 0.15) is 23.7 Å². The van der Waals surface area contributed by atoms with E-state index >= 15 is 0 Å². The zero-order valence-corrected chi connectivity index (χ0v) is 16.1. The predicted octanol–water partition coefficient (Wildman–Crippen LogP) is 2.81. The van der Waals surface area contributed by atoms with Crippen LogP contribution in [0.3, 0.4) is 0 Å². The van der Waals surface area contributed by atoms with Crippen molar-refractivity contribution in [1.82, 2.24) is 19.6 Å². The van der Waals surface area contributed by atoms with Crippen LogP contribution in [0.25, 0.3) is 0 Å². The van der Waals surface area contributed by atoms with Crippen LogP contribution >= 0.6 is 12.2 Å². The van der Waals surface area contributed by atoms with E-state index in [0.29, 0.717) is 0 Å². The molecule has 1 fully saturated rings. The van der Waals surface area contributed by atoms with Gasteiger partial charge in [0.05, 0.1) is 6.20 Å². The number of piperazine rings is 1. The quantitative estimate of drug-likeness (QED) is 0.852. The molecule has 0 unspecified atom stereocenters. The Bertz CT molecular complexity index is 731. The monoisotopic (exact) mass is 357 g/mol. The number of thiocarbonyl (C=S) groups is 1. The molecule has 1 aromatic carbocycles. The Morgan fingerprint density at radius 1 is 1.16 bits per heavy atom. The van der Waals surface area contributed by atoms with Gasteiger partial charge in [0.1, 0.15) is 0 Å². The van der Waals surface area contributed by atoms with E-state index in [2.05, 4.69) is 58.3 Å². The Hall–Kier alpha value is -1.92. The van der Waals surface area contributed by atoms with Crippen molar-refractivity contribution in [3.63, 3.8) is 0 Å². The first-order chi connectivity index (χ1) is 12.1. The van der Waals surface area contributed by atoms with Gasteiger partial charge in [-0.25, -0.2) is 0 Å². The number of anilines is 1. The van der Waals surface area contributed by atoms with Crippen molar-refractivity contribution in [3.05, 3.63) is 47.3 Å². The molecule has 134 valence electrons. The second kappa shape index (κ2) is 7.97. The lowest BCUT2D eigenvalue weighted by molar-refractivity contribution is 0.176. The van der Waals surface area contributed by atoms with Crippen molar-refractivity contribution in [1.29, 1.82) is 0 Å². The van der Waals surface area contributed by atoms with E-state index in [0.717, 1.165) is 49.9 Å². The Labute approximate surface area is 155 Å². The highest BCUT2D eigenvalue weighted by molar-refractivity contribution is 7.80. The molecule has 1 aromatic heterocycles. The molecule has 0 saturated carbocycles. The van der Waals surface area contributed by atoms with Gasteiger partial charge in [-0.2, -0.15) is 5.10 Å². The van der Waals surface area contributed by atoms with Crippen LogP contribution in [0.5, 0.6) is 0 Å². The van der Waals surface area contributed by atoms with Crippen LogP contribution in [0.2, 0.25) is 0 Å². The van der Waals surface area contributed by atoms with Gasteiger partial charge >= 0.3 is 0 Å². The van der Waals surface area contributed by atoms with Crippen LogP contribution in [-0.4, -0.2) is 50.9 Å².